The number of anilines is 1. The smallest absolute Gasteiger partial charge is 0.157 e. The van der Waals surface area contributed by atoms with E-state index in [1.54, 1.807) is 6.33 Å². The highest BCUT2D eigenvalue weighted by Crippen LogP contribution is 2.37. The molecule has 120 valence electrons. The van der Waals surface area contributed by atoms with Gasteiger partial charge in [0, 0.05) is 26.1 Å². The molecule has 0 amide bonds. The molecule has 0 N–H and O–H groups in total. The van der Waals surface area contributed by atoms with Crippen LogP contribution in [0.2, 0.25) is 5.15 Å². The lowest BCUT2D eigenvalue weighted by atomic mass is 9.95. The van der Waals surface area contributed by atoms with Crippen LogP contribution in [-0.2, 0) is 7.05 Å². The number of nitrogens with zero attached hydrogens (tertiary/aromatic N) is 6. The van der Waals surface area contributed by atoms with E-state index >= 15 is 0 Å². The predicted octanol–water partition coefficient (Wildman–Crippen LogP) is 2.13. The maximum atomic E-state index is 9.46. The van der Waals surface area contributed by atoms with E-state index in [9.17, 15) is 5.26 Å². The van der Waals surface area contributed by atoms with Crippen molar-refractivity contribution < 1.29 is 4.74 Å². The Morgan fingerprint density at radius 2 is 2.13 bits per heavy atom. The molecule has 7 nitrogen and oxygen atoms in total. The molecule has 1 saturated heterocycles. The lowest BCUT2D eigenvalue weighted by molar-refractivity contribution is 0.411. The summed E-state index contributed by atoms with van der Waals surface area (Å²) in [6, 6.07) is 2.18. The van der Waals surface area contributed by atoms with Crippen molar-refractivity contribution in [1.29, 1.82) is 5.26 Å². The zero-order chi connectivity index (χ0) is 16.4. The molecule has 1 fully saturated rings. The van der Waals surface area contributed by atoms with Crippen LogP contribution in [0, 0.1) is 11.3 Å². The molecule has 1 aliphatic heterocycles. The summed E-state index contributed by atoms with van der Waals surface area (Å²) in [5.41, 5.74) is 1.09. The molecule has 0 atom stereocenters. The predicted molar refractivity (Wildman–Crippen MR) is 85.7 cm³/mol. The van der Waals surface area contributed by atoms with E-state index in [0.717, 1.165) is 31.8 Å². The van der Waals surface area contributed by atoms with Crippen molar-refractivity contribution in [2.45, 2.75) is 18.8 Å². The van der Waals surface area contributed by atoms with Crippen LogP contribution in [0.25, 0.3) is 0 Å². The molecule has 2 aromatic heterocycles. The first-order valence-corrected chi connectivity index (χ1v) is 7.75. The van der Waals surface area contributed by atoms with Gasteiger partial charge in [0.05, 0.1) is 19.0 Å². The SMILES string of the molecule is COc1cnc(Cl)c(N2CCC(c3nncn3C)CC2)c1C#N. The number of pyridine rings is 1. The average molecular weight is 333 g/mol. The van der Waals surface area contributed by atoms with Crippen LogP contribution < -0.4 is 9.64 Å². The van der Waals surface area contributed by atoms with E-state index < -0.39 is 0 Å². The maximum Gasteiger partial charge on any atom is 0.157 e. The number of halogens is 1. The normalized spacial score (nSPS) is 15.5. The monoisotopic (exact) mass is 332 g/mol. The average Bonchev–Trinajstić information content (AvgIpc) is 3.00. The Balaban J connectivity index is 1.83. The van der Waals surface area contributed by atoms with Crippen molar-refractivity contribution in [2.24, 2.45) is 7.05 Å². The van der Waals surface area contributed by atoms with E-state index in [0.29, 0.717) is 28.1 Å². The molecular formula is C15H17ClN6O. The number of aryl methyl sites for hydroxylation is 1. The largest absolute Gasteiger partial charge is 0.494 e. The Labute approximate surface area is 139 Å². The van der Waals surface area contributed by atoms with Crippen molar-refractivity contribution >= 4 is 17.3 Å². The first-order valence-electron chi connectivity index (χ1n) is 7.37. The Kier molecular flexibility index (Phi) is 4.35. The molecule has 3 rings (SSSR count). The highest BCUT2D eigenvalue weighted by atomic mass is 35.5. The summed E-state index contributed by atoms with van der Waals surface area (Å²) in [5, 5.41) is 17.9. The second-order valence-electron chi connectivity index (χ2n) is 5.51. The van der Waals surface area contributed by atoms with Gasteiger partial charge in [-0.2, -0.15) is 5.26 Å². The molecule has 0 aliphatic carbocycles. The molecule has 0 aromatic carbocycles. The van der Waals surface area contributed by atoms with E-state index in [1.807, 2.05) is 11.6 Å². The summed E-state index contributed by atoms with van der Waals surface area (Å²) in [6.45, 7) is 1.56. The standard InChI is InChI=1S/C15H17ClN6O/c1-21-9-19-20-15(21)10-3-5-22(6-4-10)13-11(7-17)12(23-2)8-18-14(13)16/h8-10H,3-6H2,1-2H3. The molecule has 23 heavy (non-hydrogen) atoms. The molecule has 0 bridgehead atoms. The van der Waals surface area contributed by atoms with Gasteiger partial charge >= 0.3 is 0 Å². The van der Waals surface area contributed by atoms with Crippen LogP contribution in [0.3, 0.4) is 0 Å². The minimum Gasteiger partial charge on any atom is -0.494 e. The van der Waals surface area contributed by atoms with Crippen LogP contribution in [0.4, 0.5) is 5.69 Å². The van der Waals surface area contributed by atoms with Gasteiger partial charge in [-0.1, -0.05) is 11.6 Å². The zero-order valence-electron chi connectivity index (χ0n) is 13.0. The minimum absolute atomic E-state index is 0.333. The zero-order valence-corrected chi connectivity index (χ0v) is 13.8. The van der Waals surface area contributed by atoms with Gasteiger partial charge in [-0.15, -0.1) is 10.2 Å². The highest BCUT2D eigenvalue weighted by molar-refractivity contribution is 6.32. The third kappa shape index (κ3) is 2.82. The summed E-state index contributed by atoms with van der Waals surface area (Å²) in [5.74, 6) is 1.81. The Morgan fingerprint density at radius 1 is 1.39 bits per heavy atom. The first-order chi connectivity index (χ1) is 11.2. The summed E-state index contributed by atoms with van der Waals surface area (Å²) >= 11 is 6.25. The molecule has 3 heterocycles. The lowest BCUT2D eigenvalue weighted by Gasteiger charge is -2.34. The van der Waals surface area contributed by atoms with Crippen molar-refractivity contribution in [2.75, 3.05) is 25.1 Å². The number of nitriles is 1. The molecule has 0 radical (unpaired) electrons. The van der Waals surface area contributed by atoms with Crippen molar-refractivity contribution in [1.82, 2.24) is 19.7 Å². The topological polar surface area (TPSA) is 79.9 Å². The number of methoxy groups -OCH3 is 1. The molecular weight excluding hydrogens is 316 g/mol. The number of ether oxygens (including phenoxy) is 1. The van der Waals surface area contributed by atoms with Crippen LogP contribution in [0.15, 0.2) is 12.5 Å². The van der Waals surface area contributed by atoms with E-state index in [4.69, 9.17) is 16.3 Å². The fraction of sp³-hybridized carbons (Fsp3) is 0.467. The van der Waals surface area contributed by atoms with Crippen LogP contribution in [0.5, 0.6) is 5.75 Å². The molecule has 0 spiro atoms. The second-order valence-corrected chi connectivity index (χ2v) is 5.87. The Hall–Kier alpha value is -2.33. The van der Waals surface area contributed by atoms with Gasteiger partial charge in [0.25, 0.3) is 0 Å². The summed E-state index contributed by atoms with van der Waals surface area (Å²) in [4.78, 5) is 6.24. The Morgan fingerprint density at radius 3 is 2.70 bits per heavy atom. The molecule has 0 unspecified atom stereocenters. The summed E-state index contributed by atoms with van der Waals surface area (Å²) in [6.07, 6.45) is 5.05. The third-order valence-corrected chi connectivity index (χ3v) is 4.50. The van der Waals surface area contributed by atoms with E-state index in [1.165, 1.54) is 13.3 Å². The van der Waals surface area contributed by atoms with Gasteiger partial charge in [0.15, 0.2) is 10.9 Å². The molecule has 0 saturated carbocycles. The number of hydrogen-bond acceptors (Lipinski definition) is 6. The maximum absolute atomic E-state index is 9.46. The van der Waals surface area contributed by atoms with Crippen LogP contribution >= 0.6 is 11.6 Å². The molecule has 1 aliphatic rings. The lowest BCUT2D eigenvalue weighted by Crippen LogP contribution is -2.34. The molecule has 8 heteroatoms. The highest BCUT2D eigenvalue weighted by Gasteiger charge is 2.27. The number of piperidine rings is 1. The van der Waals surface area contributed by atoms with Crippen molar-refractivity contribution in [3.05, 3.63) is 29.1 Å². The number of rotatable bonds is 3. The second kappa shape index (κ2) is 6.42. The van der Waals surface area contributed by atoms with Gasteiger partial charge in [-0.25, -0.2) is 4.98 Å². The summed E-state index contributed by atoms with van der Waals surface area (Å²) in [7, 11) is 3.48. The quantitative estimate of drug-likeness (QED) is 0.801. The van der Waals surface area contributed by atoms with Crippen LogP contribution in [-0.4, -0.2) is 39.9 Å². The van der Waals surface area contributed by atoms with Gasteiger partial charge in [-0.3, -0.25) is 0 Å². The van der Waals surface area contributed by atoms with Gasteiger partial charge in [-0.05, 0) is 12.8 Å². The fourth-order valence-corrected chi connectivity index (χ4v) is 3.30. The molecule has 2 aromatic rings. The Bertz CT molecular complexity index is 745. The van der Waals surface area contributed by atoms with E-state index in [-0.39, 0.29) is 0 Å². The first kappa shape index (κ1) is 15.6. The fourth-order valence-electron chi connectivity index (χ4n) is 3.04. The summed E-state index contributed by atoms with van der Waals surface area (Å²) < 4.78 is 7.19. The van der Waals surface area contributed by atoms with Crippen molar-refractivity contribution in [3.8, 4) is 11.8 Å². The third-order valence-electron chi connectivity index (χ3n) is 4.23. The van der Waals surface area contributed by atoms with E-state index in [2.05, 4.69) is 26.2 Å². The van der Waals surface area contributed by atoms with Gasteiger partial charge in [0.2, 0.25) is 0 Å². The van der Waals surface area contributed by atoms with Crippen LogP contribution in [0.1, 0.15) is 30.1 Å². The van der Waals surface area contributed by atoms with Gasteiger partial charge < -0.3 is 14.2 Å². The van der Waals surface area contributed by atoms with Crippen molar-refractivity contribution in [3.63, 3.8) is 0 Å². The number of aromatic nitrogens is 4. The van der Waals surface area contributed by atoms with Gasteiger partial charge in [0.1, 0.15) is 23.8 Å². The minimum atomic E-state index is 0.333. The number of hydrogen-bond donors (Lipinski definition) is 0.